The molecule has 1 aromatic heterocycles. The van der Waals surface area contributed by atoms with Gasteiger partial charge in [0, 0.05) is 11.4 Å². The van der Waals surface area contributed by atoms with Gasteiger partial charge in [0.2, 0.25) is 0 Å². The van der Waals surface area contributed by atoms with Gasteiger partial charge in [-0.1, -0.05) is 18.2 Å². The van der Waals surface area contributed by atoms with E-state index in [1.807, 2.05) is 6.07 Å². The Labute approximate surface area is 109 Å². The summed E-state index contributed by atoms with van der Waals surface area (Å²) in [5.41, 5.74) is 0.351. The van der Waals surface area contributed by atoms with Crippen LogP contribution in [0.3, 0.4) is 0 Å². The highest BCUT2D eigenvalue weighted by Gasteiger charge is 2.19. The summed E-state index contributed by atoms with van der Waals surface area (Å²) in [5.74, 6) is -0.529. The summed E-state index contributed by atoms with van der Waals surface area (Å²) in [5, 5.41) is 12.2. The van der Waals surface area contributed by atoms with Crippen molar-refractivity contribution in [3.05, 3.63) is 45.8 Å². The molecule has 2 N–H and O–H groups in total. The van der Waals surface area contributed by atoms with Crippen molar-refractivity contribution in [1.29, 1.82) is 0 Å². The van der Waals surface area contributed by atoms with Crippen LogP contribution in [0.2, 0.25) is 0 Å². The summed E-state index contributed by atoms with van der Waals surface area (Å²) in [6.07, 6.45) is 0. The number of hydrogen-bond donors (Lipinski definition) is 2. The Morgan fingerprint density at radius 3 is 2.79 bits per heavy atom. The molecule has 0 saturated heterocycles. The van der Waals surface area contributed by atoms with Crippen molar-refractivity contribution in [2.75, 3.05) is 6.61 Å². The Balaban J connectivity index is 2.55. The highest BCUT2D eigenvalue weighted by Crippen LogP contribution is 2.18. The zero-order chi connectivity index (χ0) is 14.0. The molecule has 5 nitrogen and oxygen atoms in total. The Morgan fingerprint density at radius 2 is 2.11 bits per heavy atom. The topological polar surface area (TPSA) is 79.5 Å². The first-order chi connectivity index (χ1) is 9.04. The summed E-state index contributed by atoms with van der Waals surface area (Å²) in [6, 6.07) is 6.63. The van der Waals surface area contributed by atoms with E-state index in [1.165, 1.54) is 0 Å². The molecule has 0 aliphatic carbocycles. The minimum absolute atomic E-state index is 0.0148. The molecular formula is C14H15NO4. The smallest absolute Gasteiger partial charge is 0.349 e. The molecule has 0 aliphatic heterocycles. The molecule has 1 aromatic carbocycles. The van der Waals surface area contributed by atoms with Crippen LogP contribution in [0.4, 0.5) is 0 Å². The Morgan fingerprint density at radius 1 is 1.42 bits per heavy atom. The second kappa shape index (κ2) is 5.24. The van der Waals surface area contributed by atoms with Gasteiger partial charge in [-0.25, -0.2) is 4.79 Å². The quantitative estimate of drug-likeness (QED) is 0.814. The van der Waals surface area contributed by atoms with E-state index in [1.54, 1.807) is 32.0 Å². The molecule has 5 heteroatoms. The number of hydrogen-bond acceptors (Lipinski definition) is 4. The van der Waals surface area contributed by atoms with Crippen LogP contribution in [0.25, 0.3) is 11.0 Å². The van der Waals surface area contributed by atoms with Crippen LogP contribution in [-0.2, 0) is 0 Å². The molecule has 2 aromatic rings. The lowest BCUT2D eigenvalue weighted by atomic mass is 10.1. The fraction of sp³-hybridized carbons (Fsp3) is 0.286. The summed E-state index contributed by atoms with van der Waals surface area (Å²) in [6.45, 7) is 3.16. The largest absolute Gasteiger partial charge is 0.422 e. The van der Waals surface area contributed by atoms with Gasteiger partial charge in [-0.05, 0) is 25.5 Å². The molecule has 0 fully saturated rings. The second-order valence-electron chi connectivity index (χ2n) is 4.44. The molecule has 0 aliphatic rings. The van der Waals surface area contributed by atoms with Gasteiger partial charge in [-0.2, -0.15) is 0 Å². The van der Waals surface area contributed by atoms with E-state index in [-0.39, 0.29) is 12.2 Å². The van der Waals surface area contributed by atoms with Gasteiger partial charge in [0.15, 0.2) is 0 Å². The lowest BCUT2D eigenvalue weighted by molar-refractivity contribution is 0.0918. The maximum absolute atomic E-state index is 12.0. The number of benzene rings is 1. The van der Waals surface area contributed by atoms with Crippen LogP contribution < -0.4 is 10.9 Å². The number of fused-ring (bicyclic) bond motifs is 1. The van der Waals surface area contributed by atoms with E-state index in [2.05, 4.69) is 5.32 Å². The molecule has 1 atom stereocenters. The van der Waals surface area contributed by atoms with Crippen LogP contribution in [0.1, 0.15) is 22.8 Å². The lowest BCUT2D eigenvalue weighted by Crippen LogP contribution is -2.37. The van der Waals surface area contributed by atoms with Crippen molar-refractivity contribution < 1.29 is 14.3 Å². The standard InChI is InChI=1S/C14H15NO4/c1-8(7-16)15-13(17)12-9(2)10-5-3-4-6-11(10)19-14(12)18/h3-6,8,16H,7H2,1-2H3,(H,15,17). The number of amides is 1. The molecule has 19 heavy (non-hydrogen) atoms. The zero-order valence-electron chi connectivity index (χ0n) is 10.8. The monoisotopic (exact) mass is 261 g/mol. The fourth-order valence-corrected chi connectivity index (χ4v) is 1.91. The molecule has 0 radical (unpaired) electrons. The molecule has 2 rings (SSSR count). The van der Waals surface area contributed by atoms with Crippen molar-refractivity contribution >= 4 is 16.9 Å². The van der Waals surface area contributed by atoms with Crippen molar-refractivity contribution in [3.63, 3.8) is 0 Å². The predicted molar refractivity (Wildman–Crippen MR) is 71.2 cm³/mol. The average molecular weight is 261 g/mol. The average Bonchev–Trinajstić information content (AvgIpc) is 2.38. The summed E-state index contributed by atoms with van der Waals surface area (Å²) >= 11 is 0. The molecule has 0 saturated carbocycles. The fourth-order valence-electron chi connectivity index (χ4n) is 1.91. The van der Waals surface area contributed by atoms with Gasteiger partial charge in [-0.3, -0.25) is 4.79 Å². The van der Waals surface area contributed by atoms with Crippen LogP contribution in [0.15, 0.2) is 33.5 Å². The minimum Gasteiger partial charge on any atom is -0.422 e. The van der Waals surface area contributed by atoms with Gasteiger partial charge in [0.05, 0.1) is 6.61 Å². The molecule has 0 bridgehead atoms. The van der Waals surface area contributed by atoms with Crippen LogP contribution in [0, 0.1) is 6.92 Å². The van der Waals surface area contributed by atoms with Gasteiger partial charge in [-0.15, -0.1) is 0 Å². The Hall–Kier alpha value is -2.14. The SMILES string of the molecule is Cc1c(C(=O)NC(C)CO)c(=O)oc2ccccc12. The van der Waals surface area contributed by atoms with Crippen molar-refractivity contribution in [3.8, 4) is 0 Å². The van der Waals surface area contributed by atoms with E-state index in [0.29, 0.717) is 11.1 Å². The highest BCUT2D eigenvalue weighted by atomic mass is 16.4. The number of nitrogens with one attached hydrogen (secondary N) is 1. The van der Waals surface area contributed by atoms with Gasteiger partial charge < -0.3 is 14.8 Å². The maximum Gasteiger partial charge on any atom is 0.349 e. The predicted octanol–water partition coefficient (Wildman–Crippen LogP) is 1.21. The number of aliphatic hydroxyl groups excluding tert-OH is 1. The van der Waals surface area contributed by atoms with Crippen LogP contribution in [-0.4, -0.2) is 23.7 Å². The number of aliphatic hydroxyl groups is 1. The first kappa shape index (κ1) is 13.3. The van der Waals surface area contributed by atoms with E-state index in [9.17, 15) is 9.59 Å². The number of para-hydroxylation sites is 1. The number of carbonyl (C=O) groups excluding carboxylic acids is 1. The molecule has 0 spiro atoms. The van der Waals surface area contributed by atoms with E-state index < -0.39 is 17.6 Å². The Kier molecular flexibility index (Phi) is 3.66. The molecule has 1 amide bonds. The zero-order valence-corrected chi connectivity index (χ0v) is 10.8. The molecule has 1 heterocycles. The molecule has 100 valence electrons. The van der Waals surface area contributed by atoms with E-state index >= 15 is 0 Å². The lowest BCUT2D eigenvalue weighted by Gasteiger charge is -2.12. The van der Waals surface area contributed by atoms with Crippen LogP contribution >= 0.6 is 0 Å². The van der Waals surface area contributed by atoms with E-state index in [4.69, 9.17) is 9.52 Å². The van der Waals surface area contributed by atoms with Gasteiger partial charge in [0.1, 0.15) is 11.1 Å². The maximum atomic E-state index is 12.0. The summed E-state index contributed by atoms with van der Waals surface area (Å²) in [7, 11) is 0. The third-order valence-corrected chi connectivity index (χ3v) is 2.95. The summed E-state index contributed by atoms with van der Waals surface area (Å²) < 4.78 is 5.13. The highest BCUT2D eigenvalue weighted by molar-refractivity contribution is 5.99. The van der Waals surface area contributed by atoms with Crippen LogP contribution in [0.5, 0.6) is 0 Å². The van der Waals surface area contributed by atoms with Gasteiger partial charge in [0.25, 0.3) is 5.91 Å². The number of rotatable bonds is 3. The Bertz CT molecular complexity index is 675. The van der Waals surface area contributed by atoms with E-state index in [0.717, 1.165) is 5.39 Å². The van der Waals surface area contributed by atoms with Crippen molar-refractivity contribution in [2.45, 2.75) is 19.9 Å². The third kappa shape index (κ3) is 2.51. The first-order valence-electron chi connectivity index (χ1n) is 5.98. The summed E-state index contributed by atoms with van der Waals surface area (Å²) in [4.78, 5) is 23.9. The minimum atomic E-state index is -0.668. The third-order valence-electron chi connectivity index (χ3n) is 2.95. The molecular weight excluding hydrogens is 246 g/mol. The molecule has 1 unspecified atom stereocenters. The normalized spacial score (nSPS) is 12.4. The number of carbonyl (C=O) groups is 1. The van der Waals surface area contributed by atoms with Crippen molar-refractivity contribution in [2.24, 2.45) is 0 Å². The first-order valence-corrected chi connectivity index (χ1v) is 5.98. The van der Waals surface area contributed by atoms with Gasteiger partial charge >= 0.3 is 5.63 Å². The second-order valence-corrected chi connectivity index (χ2v) is 4.44. The van der Waals surface area contributed by atoms with Crippen molar-refractivity contribution in [1.82, 2.24) is 5.32 Å². The number of aryl methyl sites for hydroxylation is 1.